The molecule has 0 bridgehead atoms. The largest absolute Gasteiger partial charge is 0.458 e. The van der Waals surface area contributed by atoms with Crippen molar-refractivity contribution in [2.45, 2.75) is 164 Å². The molecule has 8 heteroatoms. The van der Waals surface area contributed by atoms with E-state index in [1.54, 1.807) is 0 Å². The van der Waals surface area contributed by atoms with Gasteiger partial charge in [0.1, 0.15) is 23.0 Å². The van der Waals surface area contributed by atoms with Gasteiger partial charge in [0, 0.05) is 73.7 Å². The van der Waals surface area contributed by atoms with Crippen molar-refractivity contribution in [3.8, 4) is 45.3 Å². The molecule has 4 heterocycles. The van der Waals surface area contributed by atoms with Crippen LogP contribution in [0.15, 0.2) is 273 Å². The molecule has 0 unspecified atom stereocenters. The van der Waals surface area contributed by atoms with Crippen molar-refractivity contribution >= 4 is 114 Å². The molecule has 6 nitrogen and oxygen atoms in total. The van der Waals surface area contributed by atoms with Crippen LogP contribution in [0.25, 0.3) is 22.3 Å². The Kier molecular flexibility index (Phi) is 17.3. The van der Waals surface area contributed by atoms with E-state index in [2.05, 4.69) is 424 Å². The first-order chi connectivity index (χ1) is 52.7. The van der Waals surface area contributed by atoms with E-state index in [1.807, 2.05) is 0 Å². The number of rotatable bonds is 10. The van der Waals surface area contributed by atoms with Crippen molar-refractivity contribution < 1.29 is 9.47 Å². The molecule has 0 aliphatic carbocycles. The maximum atomic E-state index is 7.22. The van der Waals surface area contributed by atoms with Crippen molar-refractivity contribution in [1.82, 2.24) is 0 Å². The van der Waals surface area contributed by atoms with E-state index in [1.165, 1.54) is 66.5 Å². The Labute approximate surface area is 660 Å². The van der Waals surface area contributed by atoms with Crippen LogP contribution >= 0.6 is 0 Å². The molecule has 0 radical (unpaired) electrons. The summed E-state index contributed by atoms with van der Waals surface area (Å²) in [6.45, 7) is 43.5. The van der Waals surface area contributed by atoms with Crippen molar-refractivity contribution in [3.05, 3.63) is 312 Å². The molecule has 13 aromatic rings. The van der Waals surface area contributed by atoms with E-state index in [9.17, 15) is 0 Å². The van der Waals surface area contributed by atoms with Crippen LogP contribution in [-0.2, 0) is 32.5 Å². The second kappa shape index (κ2) is 26.5. The maximum absolute atomic E-state index is 7.22. The van der Waals surface area contributed by atoms with Gasteiger partial charge in [-0.05, 0) is 261 Å². The minimum absolute atomic E-state index is 0.0360. The standard InChI is InChI=1S/C103H102B2N4O2/c1-65-57-77(49-53-82(65)102(14,15)16)108-88-63-79(106(73-41-33-69(34-42-73)98(2,3)4)74-43-35-70(36-44-74)99(5,6)7)51-55-84(88)104-85-56-52-80(107(75-45-37-71(38-46-75)100(8,9)10)76-47-39-72(40-48-76)101(11,12)13)64-89(85)109(78-50-54-83(103(17,18)19)81(62-78)66-27-21-20-22-28-66)91-59-67(58-90(108)96(91)104)68-60-94-97-95(61-68)111-93-32-26-24-30-87(93)105(97)86-29-23-25-31-92(86)110-94/h20-64H,1-19H3. The first kappa shape index (κ1) is 72.6. The van der Waals surface area contributed by atoms with Crippen molar-refractivity contribution in [2.75, 3.05) is 19.6 Å². The maximum Gasteiger partial charge on any atom is 0.260 e. The first-order valence-corrected chi connectivity index (χ1v) is 39.8. The minimum Gasteiger partial charge on any atom is -0.458 e. The molecule has 13 aromatic carbocycles. The van der Waals surface area contributed by atoms with Crippen LogP contribution in [0, 0.1) is 6.92 Å². The van der Waals surface area contributed by atoms with Gasteiger partial charge in [0.05, 0.1) is 0 Å². The smallest absolute Gasteiger partial charge is 0.260 e. The topological polar surface area (TPSA) is 31.4 Å². The van der Waals surface area contributed by atoms with E-state index < -0.39 is 0 Å². The highest BCUT2D eigenvalue weighted by Gasteiger charge is 2.46. The second-order valence-electron chi connectivity index (χ2n) is 37.6. The monoisotopic (exact) mass is 1450 g/mol. The number of ether oxygens (including phenoxy) is 2. The van der Waals surface area contributed by atoms with Gasteiger partial charge in [0.15, 0.2) is 0 Å². The van der Waals surface area contributed by atoms with Crippen LogP contribution in [-0.4, -0.2) is 13.4 Å². The Bertz CT molecular complexity index is 5610. The highest BCUT2D eigenvalue weighted by molar-refractivity contribution is 7.00. The van der Waals surface area contributed by atoms with Crippen molar-refractivity contribution in [2.24, 2.45) is 0 Å². The van der Waals surface area contributed by atoms with Crippen LogP contribution in [0.4, 0.5) is 68.2 Å². The first-order valence-electron chi connectivity index (χ1n) is 39.8. The van der Waals surface area contributed by atoms with Gasteiger partial charge in [-0.2, -0.15) is 0 Å². The number of hydrogen-bond donors (Lipinski definition) is 0. The zero-order chi connectivity index (χ0) is 77.8. The quantitative estimate of drug-likeness (QED) is 0.127. The van der Waals surface area contributed by atoms with Crippen LogP contribution in [0.1, 0.15) is 164 Å². The number of benzene rings is 13. The minimum atomic E-state index is -0.261. The normalized spacial score (nSPS) is 13.6. The molecule has 4 aliphatic rings. The van der Waals surface area contributed by atoms with Crippen LogP contribution in [0.5, 0.6) is 23.0 Å². The molecule has 0 saturated heterocycles. The van der Waals surface area contributed by atoms with Gasteiger partial charge in [0.2, 0.25) is 0 Å². The third-order valence-corrected chi connectivity index (χ3v) is 23.6. The lowest BCUT2D eigenvalue weighted by Crippen LogP contribution is -2.61. The van der Waals surface area contributed by atoms with Crippen LogP contribution < -0.4 is 61.9 Å². The Morgan fingerprint density at radius 1 is 0.261 bits per heavy atom. The summed E-state index contributed by atoms with van der Waals surface area (Å²) in [7, 11) is 0. The van der Waals surface area contributed by atoms with Gasteiger partial charge < -0.3 is 29.1 Å². The molecule has 0 fully saturated rings. The van der Waals surface area contributed by atoms with E-state index in [0.717, 1.165) is 119 Å². The lowest BCUT2D eigenvalue weighted by molar-refractivity contribution is 0.465. The summed E-state index contributed by atoms with van der Waals surface area (Å²) in [5, 5.41) is 0. The SMILES string of the molecule is Cc1cc(N2c3cc(N(c4ccc(C(C)(C)C)cc4)c4ccc(C(C)(C)C)cc4)ccc3B3c4ccc(N(c5ccc(C(C)(C)C)cc5)c5ccc(C(C)(C)C)cc5)cc4N(c4ccc(C(C)(C)C)c(-c5ccccc5)c4)c4cc(-c5cc6c7c(c5)Oc5ccccc5B7c5ccccc5O6)cc2c43)ccc1C(C)(C)C. The summed E-state index contributed by atoms with van der Waals surface area (Å²) in [4.78, 5) is 10.2. The number of para-hydroxylation sites is 2. The highest BCUT2D eigenvalue weighted by Crippen LogP contribution is 2.52. The van der Waals surface area contributed by atoms with Crippen molar-refractivity contribution in [3.63, 3.8) is 0 Å². The number of anilines is 12. The van der Waals surface area contributed by atoms with Gasteiger partial charge in [0.25, 0.3) is 13.4 Å². The van der Waals surface area contributed by atoms with Crippen molar-refractivity contribution in [1.29, 1.82) is 0 Å². The number of fused-ring (bicyclic) bond motifs is 8. The average molecular weight is 1450 g/mol. The lowest BCUT2D eigenvalue weighted by Gasteiger charge is -2.45. The summed E-state index contributed by atoms with van der Waals surface area (Å²) in [5.74, 6) is 3.29. The van der Waals surface area contributed by atoms with Crippen LogP contribution in [0.3, 0.4) is 0 Å². The fourth-order valence-electron chi connectivity index (χ4n) is 17.7. The molecule has 0 saturated carbocycles. The summed E-state index contributed by atoms with van der Waals surface area (Å²) < 4.78 is 14.4. The van der Waals surface area contributed by atoms with E-state index in [0.29, 0.717) is 0 Å². The fourth-order valence-corrected chi connectivity index (χ4v) is 17.7. The van der Waals surface area contributed by atoms with Gasteiger partial charge in [-0.25, -0.2) is 0 Å². The van der Waals surface area contributed by atoms with Crippen LogP contribution in [0.2, 0.25) is 0 Å². The lowest BCUT2D eigenvalue weighted by atomic mass is 9.33. The van der Waals surface area contributed by atoms with Gasteiger partial charge in [-0.1, -0.05) is 264 Å². The number of nitrogens with zero attached hydrogens (tertiary/aromatic N) is 4. The zero-order valence-electron chi connectivity index (χ0n) is 68.2. The molecule has 4 aliphatic heterocycles. The Morgan fingerprint density at radius 2 is 0.613 bits per heavy atom. The summed E-state index contributed by atoms with van der Waals surface area (Å²) in [6, 6.07) is 104. The molecule has 0 N–H and O–H groups in total. The molecule has 0 amide bonds. The van der Waals surface area contributed by atoms with Gasteiger partial charge >= 0.3 is 0 Å². The summed E-state index contributed by atoms with van der Waals surface area (Å²) in [6.07, 6.45) is 0. The van der Waals surface area contributed by atoms with E-state index in [4.69, 9.17) is 9.47 Å². The van der Waals surface area contributed by atoms with Gasteiger partial charge in [-0.15, -0.1) is 0 Å². The fraction of sp³-hybridized carbons (Fsp3) is 0.243. The van der Waals surface area contributed by atoms with E-state index in [-0.39, 0.29) is 45.9 Å². The highest BCUT2D eigenvalue weighted by atomic mass is 16.5. The Morgan fingerprint density at radius 3 is 1.00 bits per heavy atom. The molecule has 0 spiro atoms. The van der Waals surface area contributed by atoms with E-state index >= 15 is 0 Å². The molecule has 17 rings (SSSR count). The molecule has 0 atom stereocenters. The summed E-state index contributed by atoms with van der Waals surface area (Å²) >= 11 is 0. The predicted molar refractivity (Wildman–Crippen MR) is 475 cm³/mol. The zero-order valence-corrected chi connectivity index (χ0v) is 68.2. The number of hydrogen-bond acceptors (Lipinski definition) is 6. The molecule has 111 heavy (non-hydrogen) atoms. The Balaban J connectivity index is 0.990. The van der Waals surface area contributed by atoms with Gasteiger partial charge in [-0.3, -0.25) is 0 Å². The molecule has 0 aromatic heterocycles. The third-order valence-electron chi connectivity index (χ3n) is 23.6. The summed E-state index contributed by atoms with van der Waals surface area (Å²) in [5.41, 5.74) is 32.8. The molecular weight excluding hydrogens is 1350 g/mol. The third kappa shape index (κ3) is 13.0. The molecular formula is C103H102B2N4O2. The predicted octanol–water partition coefficient (Wildman–Crippen LogP) is 24.9. The average Bonchev–Trinajstić information content (AvgIpc) is 0.691. The second-order valence-corrected chi connectivity index (χ2v) is 37.6. The molecule has 552 valence electrons. The number of aryl methyl sites for hydroxylation is 1. The Hall–Kier alpha value is -11.2.